The number of ether oxygens (including phenoxy) is 2. The van der Waals surface area contributed by atoms with E-state index in [9.17, 15) is 33.9 Å². The molecule has 71 heavy (non-hydrogen) atoms. The topological polar surface area (TPSA) is 199 Å². The Morgan fingerprint density at radius 1 is 1.01 bits per heavy atom. The first-order valence-electron chi connectivity index (χ1n) is 24.6. The molecule has 0 spiro atoms. The Labute approximate surface area is 416 Å². The van der Waals surface area contributed by atoms with Crippen LogP contribution in [0.3, 0.4) is 0 Å². The molecule has 382 valence electrons. The lowest BCUT2D eigenvalue weighted by Gasteiger charge is -2.37. The summed E-state index contributed by atoms with van der Waals surface area (Å²) in [6.07, 6.45) is 2.85. The number of amides is 5. The zero-order valence-corrected chi connectivity index (χ0v) is 43.1. The lowest BCUT2D eigenvalue weighted by molar-refractivity contribution is -0.155. The Kier molecular flexibility index (Phi) is 15.9. The number of esters is 1. The number of nitrogens with one attached hydrogen (secondary N) is 2. The molecule has 7 rings (SSSR count). The Morgan fingerprint density at radius 2 is 1.76 bits per heavy atom. The normalized spacial score (nSPS) is 20.9. The molecular weight excluding hydrogens is 907 g/mol. The summed E-state index contributed by atoms with van der Waals surface area (Å²) in [5.41, 5.74) is 9.36. The summed E-state index contributed by atoms with van der Waals surface area (Å²) in [4.78, 5) is 93.2. The second-order valence-electron chi connectivity index (χ2n) is 20.7. The fourth-order valence-corrected chi connectivity index (χ4v) is 9.95. The van der Waals surface area contributed by atoms with E-state index < -0.39 is 59.2 Å². The van der Waals surface area contributed by atoms with Crippen LogP contribution >= 0.6 is 0 Å². The molecular formula is C53H71N9O9. The van der Waals surface area contributed by atoms with Crippen LogP contribution in [0.1, 0.15) is 77.3 Å². The number of aryl methyl sites for hydroxylation is 1. The molecule has 6 atom stereocenters. The Balaban J connectivity index is 1.24. The summed E-state index contributed by atoms with van der Waals surface area (Å²) >= 11 is 0. The van der Waals surface area contributed by atoms with E-state index in [0.29, 0.717) is 43.5 Å². The van der Waals surface area contributed by atoms with Gasteiger partial charge >= 0.3 is 5.97 Å². The highest BCUT2D eigenvalue weighted by molar-refractivity contribution is 5.97. The number of hydrogen-bond donors (Lipinski definition) is 3. The minimum Gasteiger partial charge on any atom is -0.508 e. The molecule has 6 bridgehead atoms. The molecule has 3 N–H and O–H groups in total. The number of benzene rings is 2. The number of carbonyl (C=O) groups is 6. The molecule has 2 aromatic heterocycles. The second-order valence-corrected chi connectivity index (χ2v) is 20.7. The number of hydrogen-bond acceptors (Lipinski definition) is 12. The van der Waals surface area contributed by atoms with E-state index in [2.05, 4.69) is 54.3 Å². The summed E-state index contributed by atoms with van der Waals surface area (Å²) in [7, 11) is 7.97. The van der Waals surface area contributed by atoms with Crippen LogP contribution in [0.25, 0.3) is 33.3 Å². The Morgan fingerprint density at radius 3 is 2.45 bits per heavy atom. The summed E-state index contributed by atoms with van der Waals surface area (Å²) in [5.74, 6) is -3.00. The number of cyclic esters (lactones) is 1. The van der Waals surface area contributed by atoms with Gasteiger partial charge in [0.05, 0.1) is 37.2 Å². The Bertz CT molecular complexity index is 2680. The maximum absolute atomic E-state index is 14.8. The standard InChI is InChI=1S/C53H71N9O9/c1-12-61-42-18-17-34-25-38(42)39(48(61)37-15-13-19-54-46(37)32(4)70-11)26-53(5,6)30-71-52(69)40-16-14-20-62(56-40)50(67)41(23-33-21-35(34)24-36(63)22-33)55-49(66)47(31(2)3)59(10)45(65)28-58(9)51(68)43-27-60(43)29-44(64)57(7)8/h13,15,17-19,21-22,24-25,31-32,40-41,43,47,56,63H,12,14,16,20,23,26-30H2,1-11H3,(H,55,66)/t32-,40-,41-,43-,47?,60?/m0/s1. The molecule has 2 aromatic carbocycles. The molecule has 2 unspecified atom stereocenters. The van der Waals surface area contributed by atoms with Crippen molar-refractivity contribution in [2.45, 2.75) is 104 Å². The van der Waals surface area contributed by atoms with E-state index in [0.717, 1.165) is 39.0 Å². The lowest BCUT2D eigenvalue weighted by atomic mass is 9.84. The number of nitrogens with zero attached hydrogens (tertiary/aromatic N) is 7. The SMILES string of the molecule is CCn1c(-c2cccnc2[C@H](C)OC)c2c3cc(ccc31)-c1cc(O)cc(c1)C[C@H](NC(=O)C(C(C)C)N(C)C(=O)CN(C)C(=O)[C@@H]1CN1CC(=O)N(C)C)C(=O)N1CCC[C@H](N1)C(=O)OCC(C)(C)C2. The summed E-state index contributed by atoms with van der Waals surface area (Å²) in [6, 6.07) is 11.7. The van der Waals surface area contributed by atoms with E-state index in [1.54, 1.807) is 58.3 Å². The van der Waals surface area contributed by atoms with Crippen LogP contribution in [-0.4, -0.2) is 167 Å². The van der Waals surface area contributed by atoms with Crippen molar-refractivity contribution in [3.8, 4) is 28.1 Å². The van der Waals surface area contributed by atoms with Crippen molar-refractivity contribution in [1.29, 1.82) is 0 Å². The van der Waals surface area contributed by atoms with Crippen molar-refractivity contribution >= 4 is 46.4 Å². The number of aromatic nitrogens is 2. The fraction of sp³-hybridized carbons (Fsp3) is 0.528. The van der Waals surface area contributed by atoms with Crippen LogP contribution in [0.15, 0.2) is 54.7 Å². The molecule has 18 nitrogen and oxygen atoms in total. The van der Waals surface area contributed by atoms with Gasteiger partial charge in [0.1, 0.15) is 29.9 Å². The van der Waals surface area contributed by atoms with Gasteiger partial charge < -0.3 is 39.2 Å². The number of pyridine rings is 1. The fourth-order valence-electron chi connectivity index (χ4n) is 9.95. The van der Waals surface area contributed by atoms with E-state index in [4.69, 9.17) is 14.5 Å². The number of methoxy groups -OCH3 is 1. The van der Waals surface area contributed by atoms with E-state index in [1.165, 1.54) is 33.8 Å². The number of hydrazine groups is 1. The van der Waals surface area contributed by atoms with Crippen LogP contribution in [0.2, 0.25) is 0 Å². The number of carbonyl (C=O) groups excluding carboxylic acids is 6. The number of phenolic OH excluding ortho intramolecular Hbond substituents is 1. The maximum atomic E-state index is 14.8. The third-order valence-corrected chi connectivity index (χ3v) is 14.0. The number of phenols is 1. The molecule has 18 heteroatoms. The first-order valence-corrected chi connectivity index (χ1v) is 24.6. The van der Waals surface area contributed by atoms with E-state index in [1.807, 2.05) is 25.1 Å². The first-order chi connectivity index (χ1) is 33.6. The molecule has 0 saturated carbocycles. The van der Waals surface area contributed by atoms with Crippen molar-refractivity contribution in [3.63, 3.8) is 0 Å². The van der Waals surface area contributed by atoms with Gasteiger partial charge in [0.15, 0.2) is 0 Å². The van der Waals surface area contributed by atoms with Crippen molar-refractivity contribution in [2.24, 2.45) is 11.3 Å². The molecule has 2 fully saturated rings. The van der Waals surface area contributed by atoms with Gasteiger partial charge in [-0.15, -0.1) is 0 Å². The monoisotopic (exact) mass is 978 g/mol. The van der Waals surface area contributed by atoms with Gasteiger partial charge in [-0.2, -0.15) is 0 Å². The number of aromatic hydroxyl groups is 1. The molecule has 3 aliphatic heterocycles. The highest BCUT2D eigenvalue weighted by Gasteiger charge is 2.44. The third kappa shape index (κ3) is 11.6. The van der Waals surface area contributed by atoms with Gasteiger partial charge in [0.25, 0.3) is 5.91 Å². The zero-order chi connectivity index (χ0) is 51.6. The smallest absolute Gasteiger partial charge is 0.324 e. The van der Waals surface area contributed by atoms with Gasteiger partial charge in [-0.05, 0) is 97.7 Å². The van der Waals surface area contributed by atoms with Crippen LogP contribution in [-0.2, 0) is 57.6 Å². The quantitative estimate of drug-likeness (QED) is 0.128. The number of rotatable bonds is 13. The average molecular weight is 978 g/mol. The average Bonchev–Trinajstić information content (AvgIpc) is 4.04. The van der Waals surface area contributed by atoms with Gasteiger partial charge in [-0.25, -0.2) is 5.43 Å². The van der Waals surface area contributed by atoms with Crippen molar-refractivity contribution in [3.05, 3.63) is 71.5 Å². The van der Waals surface area contributed by atoms with Crippen LogP contribution < -0.4 is 10.7 Å². The number of fused-ring (bicyclic) bond motifs is 6. The third-order valence-electron chi connectivity index (χ3n) is 14.0. The summed E-state index contributed by atoms with van der Waals surface area (Å²) in [6.45, 7) is 13.0. The lowest BCUT2D eigenvalue weighted by Crippen LogP contribution is -2.62. The predicted molar refractivity (Wildman–Crippen MR) is 268 cm³/mol. The molecule has 4 aromatic rings. The molecule has 3 aliphatic rings. The minimum atomic E-state index is -1.21. The van der Waals surface area contributed by atoms with Gasteiger partial charge in [-0.1, -0.05) is 39.8 Å². The predicted octanol–water partition coefficient (Wildman–Crippen LogP) is 4.17. The zero-order valence-electron chi connectivity index (χ0n) is 43.1. The molecule has 0 aliphatic carbocycles. The van der Waals surface area contributed by atoms with E-state index >= 15 is 0 Å². The molecule has 5 heterocycles. The summed E-state index contributed by atoms with van der Waals surface area (Å²) in [5, 5.41) is 16.7. The molecule has 0 radical (unpaired) electrons. The van der Waals surface area contributed by atoms with Gasteiger partial charge in [-0.3, -0.25) is 43.7 Å². The highest BCUT2D eigenvalue weighted by Crippen LogP contribution is 2.42. The largest absolute Gasteiger partial charge is 0.508 e. The van der Waals surface area contributed by atoms with Crippen LogP contribution in [0, 0.1) is 11.3 Å². The van der Waals surface area contributed by atoms with Crippen molar-refractivity contribution < 1.29 is 43.3 Å². The summed E-state index contributed by atoms with van der Waals surface area (Å²) < 4.78 is 14.2. The van der Waals surface area contributed by atoms with Gasteiger partial charge in [0.2, 0.25) is 23.6 Å². The number of likely N-dealkylation sites (N-methyl/N-ethyl adjacent to an activating group) is 3. The molecule has 2 saturated heterocycles. The second kappa shape index (κ2) is 21.5. The van der Waals surface area contributed by atoms with Crippen LogP contribution in [0.5, 0.6) is 5.75 Å². The van der Waals surface area contributed by atoms with E-state index in [-0.39, 0.29) is 56.3 Å². The molecule has 5 amide bonds. The van der Waals surface area contributed by atoms with Crippen molar-refractivity contribution in [2.75, 3.05) is 68.1 Å². The van der Waals surface area contributed by atoms with Crippen LogP contribution in [0.4, 0.5) is 0 Å². The van der Waals surface area contributed by atoms with Gasteiger partial charge in [0, 0.05) is 89.4 Å². The minimum absolute atomic E-state index is 0.0344. The Hall–Kier alpha value is -6.37. The highest BCUT2D eigenvalue weighted by atomic mass is 16.5. The van der Waals surface area contributed by atoms with Crippen molar-refractivity contribution in [1.82, 2.24) is 44.9 Å². The first kappa shape index (κ1) is 52.5. The maximum Gasteiger partial charge on any atom is 0.324 e.